The number of aryl methyl sites for hydroxylation is 1. The highest BCUT2D eigenvalue weighted by molar-refractivity contribution is 7.91. The lowest BCUT2D eigenvalue weighted by Gasteiger charge is -2.23. The quantitative estimate of drug-likeness (QED) is 0.840. The topological polar surface area (TPSA) is 88.3 Å². The van der Waals surface area contributed by atoms with Crippen molar-refractivity contribution in [2.75, 3.05) is 25.4 Å². The lowest BCUT2D eigenvalue weighted by molar-refractivity contribution is 0.260. The molecule has 1 aromatic rings. The third-order valence-corrected chi connectivity index (χ3v) is 6.37. The van der Waals surface area contributed by atoms with Crippen LogP contribution in [0, 0.1) is 6.92 Å². The molecule has 1 aliphatic rings. The molecule has 0 aliphatic carbocycles. The van der Waals surface area contributed by atoms with Crippen molar-refractivity contribution in [2.24, 2.45) is 0 Å². The van der Waals surface area contributed by atoms with Crippen molar-refractivity contribution in [2.45, 2.75) is 36.9 Å². The van der Waals surface area contributed by atoms with Crippen LogP contribution >= 0.6 is 11.3 Å². The van der Waals surface area contributed by atoms with Crippen LogP contribution in [0.2, 0.25) is 0 Å². The number of hydrogen-bond donors (Lipinski definition) is 2. The zero-order valence-electron chi connectivity index (χ0n) is 11.2. The highest BCUT2D eigenvalue weighted by atomic mass is 32.2. The number of thiazole rings is 1. The van der Waals surface area contributed by atoms with Crippen molar-refractivity contribution in [3.8, 4) is 0 Å². The minimum atomic E-state index is -3.50. The number of anilines is 1. The van der Waals surface area contributed by atoms with E-state index < -0.39 is 10.0 Å². The summed E-state index contributed by atoms with van der Waals surface area (Å²) in [5, 5.41) is 0.283. The smallest absolute Gasteiger partial charge is 0.252 e. The second-order valence-electron chi connectivity index (χ2n) is 4.87. The number of hydrogen-bond acceptors (Lipinski definition) is 6. The molecular weight excluding hydrogens is 284 g/mol. The van der Waals surface area contributed by atoms with Crippen LogP contribution in [-0.2, 0) is 10.0 Å². The Morgan fingerprint density at radius 3 is 2.63 bits per heavy atom. The van der Waals surface area contributed by atoms with Gasteiger partial charge in [-0.1, -0.05) is 11.3 Å². The molecule has 0 aromatic carbocycles. The Labute approximate surface area is 118 Å². The van der Waals surface area contributed by atoms with Gasteiger partial charge < -0.3 is 5.73 Å². The summed E-state index contributed by atoms with van der Waals surface area (Å²) in [7, 11) is -3.50. The van der Waals surface area contributed by atoms with Crippen LogP contribution in [0.25, 0.3) is 0 Å². The Kier molecular flexibility index (Phi) is 4.44. The number of nitrogens with zero attached hydrogens (tertiary/aromatic N) is 2. The Balaban J connectivity index is 1.99. The van der Waals surface area contributed by atoms with Crippen molar-refractivity contribution < 1.29 is 8.42 Å². The number of rotatable bonds is 5. The van der Waals surface area contributed by atoms with Crippen LogP contribution in [-0.4, -0.2) is 44.0 Å². The second-order valence-corrected chi connectivity index (χ2v) is 7.86. The molecule has 1 saturated heterocycles. The molecule has 1 atom stereocenters. The maximum absolute atomic E-state index is 12.2. The highest BCUT2D eigenvalue weighted by Gasteiger charge is 2.24. The van der Waals surface area contributed by atoms with Gasteiger partial charge in [-0.25, -0.2) is 18.1 Å². The van der Waals surface area contributed by atoms with E-state index in [9.17, 15) is 8.42 Å². The zero-order chi connectivity index (χ0) is 14.0. The zero-order valence-corrected chi connectivity index (χ0v) is 12.9. The number of sulfonamides is 1. The van der Waals surface area contributed by atoms with Crippen molar-refractivity contribution in [3.05, 3.63) is 5.69 Å². The first-order valence-electron chi connectivity index (χ1n) is 6.37. The Morgan fingerprint density at radius 1 is 1.47 bits per heavy atom. The van der Waals surface area contributed by atoms with Crippen molar-refractivity contribution in [3.63, 3.8) is 0 Å². The molecule has 0 spiro atoms. The van der Waals surface area contributed by atoms with E-state index in [4.69, 9.17) is 5.73 Å². The van der Waals surface area contributed by atoms with Crippen LogP contribution in [0.1, 0.15) is 25.5 Å². The summed E-state index contributed by atoms with van der Waals surface area (Å²) in [5.74, 6) is 0. The first kappa shape index (κ1) is 14.7. The van der Waals surface area contributed by atoms with E-state index in [0.29, 0.717) is 12.2 Å². The maximum Gasteiger partial charge on any atom is 0.252 e. The molecule has 0 bridgehead atoms. The van der Waals surface area contributed by atoms with Gasteiger partial charge in [0, 0.05) is 12.6 Å². The summed E-state index contributed by atoms with van der Waals surface area (Å²) >= 11 is 1.01. The maximum atomic E-state index is 12.2. The van der Waals surface area contributed by atoms with Crippen molar-refractivity contribution in [1.29, 1.82) is 0 Å². The molecule has 3 N–H and O–H groups in total. The molecule has 6 nitrogen and oxygen atoms in total. The summed E-state index contributed by atoms with van der Waals surface area (Å²) in [6.07, 6.45) is 2.39. The van der Waals surface area contributed by atoms with Crippen molar-refractivity contribution in [1.82, 2.24) is 14.6 Å². The first-order chi connectivity index (χ1) is 8.90. The average molecular weight is 304 g/mol. The van der Waals surface area contributed by atoms with Gasteiger partial charge in [0.05, 0.1) is 5.69 Å². The summed E-state index contributed by atoms with van der Waals surface area (Å²) in [4.78, 5) is 6.25. The molecule has 1 unspecified atom stereocenters. The Hall–Kier alpha value is -0.700. The van der Waals surface area contributed by atoms with Gasteiger partial charge in [0.2, 0.25) is 0 Å². The van der Waals surface area contributed by atoms with Gasteiger partial charge in [-0.05, 0) is 39.8 Å². The lowest BCUT2D eigenvalue weighted by atomic mass is 10.3. The van der Waals surface area contributed by atoms with E-state index in [-0.39, 0.29) is 15.4 Å². The number of likely N-dealkylation sites (tertiary alicyclic amines) is 1. The number of nitrogens with one attached hydrogen (secondary N) is 1. The lowest BCUT2D eigenvalue weighted by Crippen LogP contribution is -2.40. The van der Waals surface area contributed by atoms with E-state index >= 15 is 0 Å². The standard InChI is InChI=1S/C11H20N4O2S2/c1-8(15-5-3-4-6-15)7-13-19(16,17)10-9(2)14-11(12)18-10/h8,13H,3-7H2,1-2H3,(H2,12,14). The second kappa shape index (κ2) is 5.74. The van der Waals surface area contributed by atoms with Gasteiger partial charge in [-0.2, -0.15) is 0 Å². The predicted octanol–water partition coefficient (Wildman–Crippen LogP) is 0.796. The normalized spacial score (nSPS) is 18.8. The fraction of sp³-hybridized carbons (Fsp3) is 0.727. The van der Waals surface area contributed by atoms with Crippen LogP contribution in [0.5, 0.6) is 0 Å². The fourth-order valence-corrected chi connectivity index (χ4v) is 4.72. The van der Waals surface area contributed by atoms with Gasteiger partial charge in [0.25, 0.3) is 10.0 Å². The van der Waals surface area contributed by atoms with Gasteiger partial charge in [0.1, 0.15) is 0 Å². The van der Waals surface area contributed by atoms with E-state index in [2.05, 4.69) is 14.6 Å². The van der Waals surface area contributed by atoms with E-state index in [1.54, 1.807) is 6.92 Å². The Morgan fingerprint density at radius 2 is 2.11 bits per heavy atom. The number of nitrogen functional groups attached to an aromatic ring is 1. The molecule has 0 radical (unpaired) electrons. The average Bonchev–Trinajstić information content (AvgIpc) is 2.96. The molecule has 2 rings (SSSR count). The predicted molar refractivity (Wildman–Crippen MR) is 76.7 cm³/mol. The molecule has 1 fully saturated rings. The minimum absolute atomic E-state index is 0.211. The van der Waals surface area contributed by atoms with Crippen LogP contribution in [0.15, 0.2) is 4.21 Å². The third kappa shape index (κ3) is 3.44. The summed E-state index contributed by atoms with van der Waals surface area (Å²) in [6, 6.07) is 0.211. The SMILES string of the molecule is Cc1nc(N)sc1S(=O)(=O)NCC(C)N1CCCC1. The molecule has 8 heteroatoms. The van der Waals surface area contributed by atoms with E-state index in [0.717, 1.165) is 24.4 Å². The van der Waals surface area contributed by atoms with E-state index in [1.807, 2.05) is 6.92 Å². The molecule has 108 valence electrons. The third-order valence-electron chi connectivity index (χ3n) is 3.35. The number of nitrogens with two attached hydrogens (primary N) is 1. The summed E-state index contributed by atoms with van der Waals surface area (Å²) < 4.78 is 27.2. The van der Waals surface area contributed by atoms with Crippen molar-refractivity contribution >= 4 is 26.5 Å². The highest BCUT2D eigenvalue weighted by Crippen LogP contribution is 2.24. The molecule has 0 amide bonds. The van der Waals surface area contributed by atoms with Crippen LogP contribution in [0.3, 0.4) is 0 Å². The van der Waals surface area contributed by atoms with Gasteiger partial charge in [0.15, 0.2) is 9.34 Å². The fourth-order valence-electron chi connectivity index (χ4n) is 2.26. The summed E-state index contributed by atoms with van der Waals surface area (Å²) in [5.41, 5.74) is 6.00. The van der Waals surface area contributed by atoms with Gasteiger partial charge in [-0.3, -0.25) is 4.90 Å². The van der Waals surface area contributed by atoms with Crippen LogP contribution < -0.4 is 10.5 Å². The minimum Gasteiger partial charge on any atom is -0.375 e. The van der Waals surface area contributed by atoms with E-state index in [1.165, 1.54) is 12.8 Å². The largest absolute Gasteiger partial charge is 0.375 e. The van der Waals surface area contributed by atoms with Crippen LogP contribution in [0.4, 0.5) is 5.13 Å². The van der Waals surface area contributed by atoms with Gasteiger partial charge in [-0.15, -0.1) is 0 Å². The molecular formula is C11H20N4O2S2. The molecule has 0 saturated carbocycles. The molecule has 1 aromatic heterocycles. The number of aromatic nitrogens is 1. The molecule has 1 aliphatic heterocycles. The summed E-state index contributed by atoms with van der Waals surface area (Å²) in [6.45, 7) is 6.22. The monoisotopic (exact) mass is 304 g/mol. The van der Waals surface area contributed by atoms with Gasteiger partial charge >= 0.3 is 0 Å². The molecule has 2 heterocycles. The first-order valence-corrected chi connectivity index (χ1v) is 8.67. The Bertz CT molecular complexity index is 535. The molecule has 19 heavy (non-hydrogen) atoms.